The van der Waals surface area contributed by atoms with E-state index in [1.165, 1.54) is 63.6 Å². The number of benzene rings is 10. The van der Waals surface area contributed by atoms with Crippen molar-refractivity contribution in [2.24, 2.45) is 0 Å². The van der Waals surface area contributed by atoms with Gasteiger partial charge in [0.05, 0.1) is 16.7 Å². The van der Waals surface area contributed by atoms with Gasteiger partial charge < -0.3 is 4.90 Å². The maximum Gasteiger partial charge on any atom is 0.184 e. The maximum atomic E-state index is 5.35. The number of rotatable bonds is 8. The predicted octanol–water partition coefficient (Wildman–Crippen LogP) is 10.7. The Morgan fingerprint density at radius 1 is 0.360 bits per heavy atom. The Labute approximate surface area is 436 Å². The maximum absolute atomic E-state index is 5.35. The van der Waals surface area contributed by atoms with Crippen molar-refractivity contribution in [3.63, 3.8) is 0 Å². The van der Waals surface area contributed by atoms with Crippen molar-refractivity contribution < 1.29 is 0 Å². The number of aromatic nitrogens is 4. The number of nitrogens with zero attached hydrogens (tertiary/aromatic N) is 5. The van der Waals surface area contributed by atoms with Crippen LogP contribution in [0.2, 0.25) is 0 Å². The topological polar surface area (TPSA) is 38.4 Å². The summed E-state index contributed by atoms with van der Waals surface area (Å²) in [6.45, 7) is 0. The van der Waals surface area contributed by atoms with Gasteiger partial charge in [0, 0.05) is 57.2 Å². The van der Waals surface area contributed by atoms with E-state index in [9.17, 15) is 0 Å². The lowest BCUT2D eigenvalue weighted by atomic mass is 10.1. The van der Waals surface area contributed by atoms with Crippen LogP contribution in [0.1, 0.15) is 0 Å². The summed E-state index contributed by atoms with van der Waals surface area (Å²) < 4.78 is 4.73. The third-order valence-corrected chi connectivity index (χ3v) is 25.6. The van der Waals surface area contributed by atoms with E-state index in [1.54, 1.807) is 0 Å². The van der Waals surface area contributed by atoms with Crippen LogP contribution in [-0.2, 0) is 0 Å². The van der Waals surface area contributed by atoms with Gasteiger partial charge in [0.2, 0.25) is 0 Å². The molecule has 0 saturated heterocycles. The number of imidazole rings is 1. The highest BCUT2D eigenvalue weighted by Crippen LogP contribution is 2.45. The molecule has 0 fully saturated rings. The first-order valence-electron chi connectivity index (χ1n) is 25.7. The zero-order valence-electron chi connectivity index (χ0n) is 40.9. The summed E-state index contributed by atoms with van der Waals surface area (Å²) in [5.74, 6) is 0. The Balaban J connectivity index is 1.08. The molecule has 75 heavy (non-hydrogen) atoms. The van der Waals surface area contributed by atoms with Crippen molar-refractivity contribution >= 4 is 124 Å². The van der Waals surface area contributed by atoms with E-state index in [1.807, 2.05) is 12.4 Å². The first-order chi connectivity index (χ1) is 37.2. The summed E-state index contributed by atoms with van der Waals surface area (Å²) in [7, 11) is -6.20. The minimum atomic E-state index is -3.16. The average molecular weight is 990 g/mol. The molecular formula is C68H47N5Si2. The Morgan fingerprint density at radius 2 is 0.933 bits per heavy atom. The van der Waals surface area contributed by atoms with Crippen LogP contribution in [0.25, 0.3) is 54.9 Å². The van der Waals surface area contributed by atoms with Crippen LogP contribution in [-0.4, -0.2) is 35.1 Å². The summed E-state index contributed by atoms with van der Waals surface area (Å²) in [6, 6.07) is 99.9. The molecule has 5 nitrogen and oxygen atoms in total. The molecule has 0 unspecified atom stereocenters. The van der Waals surface area contributed by atoms with E-state index in [4.69, 9.17) is 9.97 Å². The zero-order chi connectivity index (χ0) is 49.5. The molecule has 4 aromatic heterocycles. The number of fused-ring (bicyclic) bond motifs is 12. The van der Waals surface area contributed by atoms with Crippen molar-refractivity contribution in [2.45, 2.75) is 0 Å². The Bertz CT molecular complexity index is 4400. The quantitative estimate of drug-likeness (QED) is 0.0865. The first-order valence-corrected chi connectivity index (χ1v) is 29.7. The number of para-hydroxylation sites is 3. The lowest BCUT2D eigenvalue weighted by molar-refractivity contribution is 1.13. The molecule has 0 aliphatic carbocycles. The van der Waals surface area contributed by atoms with Gasteiger partial charge in [0.25, 0.3) is 0 Å². The Hall–Kier alpha value is -9.41. The van der Waals surface area contributed by atoms with Gasteiger partial charge in [-0.2, -0.15) is 0 Å². The molecule has 0 bridgehead atoms. The van der Waals surface area contributed by atoms with Gasteiger partial charge in [0.1, 0.15) is 11.3 Å². The van der Waals surface area contributed by atoms with Gasteiger partial charge in [-0.15, -0.1) is 0 Å². The zero-order valence-corrected chi connectivity index (χ0v) is 42.9. The molecule has 0 N–H and O–H groups in total. The molecule has 0 radical (unpaired) electrons. The molecule has 1 aliphatic rings. The number of hydrogen-bond acceptors (Lipinski definition) is 3. The van der Waals surface area contributed by atoms with Gasteiger partial charge in [0.15, 0.2) is 16.1 Å². The predicted molar refractivity (Wildman–Crippen MR) is 318 cm³/mol. The molecule has 14 aromatic rings. The molecule has 0 amide bonds. The summed E-state index contributed by atoms with van der Waals surface area (Å²) in [5.41, 5.74) is 8.70. The van der Waals surface area contributed by atoms with E-state index >= 15 is 0 Å². The average Bonchev–Trinajstić information content (AvgIpc) is 4.14. The third-order valence-electron chi connectivity index (χ3n) is 16.0. The smallest absolute Gasteiger partial charge is 0.184 e. The molecule has 7 heteroatoms. The minimum absolute atomic E-state index is 0.919. The number of anilines is 3. The highest BCUT2D eigenvalue weighted by atomic mass is 28.3. The highest BCUT2D eigenvalue weighted by Gasteiger charge is 2.50. The van der Waals surface area contributed by atoms with Gasteiger partial charge in [-0.05, 0) is 95.4 Å². The van der Waals surface area contributed by atoms with Gasteiger partial charge >= 0.3 is 0 Å². The normalized spacial score (nSPS) is 13.1. The van der Waals surface area contributed by atoms with Gasteiger partial charge in [-0.25, -0.2) is 9.97 Å². The Kier molecular flexibility index (Phi) is 9.85. The number of hydrogen-bond donors (Lipinski definition) is 0. The van der Waals surface area contributed by atoms with Crippen molar-refractivity contribution in [3.8, 4) is 5.69 Å². The van der Waals surface area contributed by atoms with E-state index in [-0.39, 0.29) is 0 Å². The van der Waals surface area contributed by atoms with E-state index < -0.39 is 16.1 Å². The molecular weight excluding hydrogens is 943 g/mol. The van der Waals surface area contributed by atoms with Crippen molar-refractivity contribution in [1.29, 1.82) is 0 Å². The standard InChI is InChI=1S/C68H47N5Si2/c1-6-22-48(23-7-1)72-62-37-18-19-38-63(62)75(52-29-12-4-13-30-52,53-31-14-5-15-32-53)64-42-41-58-59-35-21-43-69-68(59)73(65(58)66(64)72)49-24-20-33-54(46-49)74(50-25-8-2-9-26-50,51-27-10-3-11-28-51)55-39-40-56-57-34-16-17-36-61(57)71-45-44-70-67(71)60(56)47-55/h1-47H. The fourth-order valence-electron chi connectivity index (χ4n) is 13.0. The second-order valence-electron chi connectivity index (χ2n) is 19.7. The Morgan fingerprint density at radius 3 is 1.67 bits per heavy atom. The largest absolute Gasteiger partial charge is 0.309 e. The molecule has 5 heterocycles. The molecule has 0 spiro atoms. The van der Waals surface area contributed by atoms with Crippen LogP contribution in [0.15, 0.2) is 286 Å². The van der Waals surface area contributed by atoms with Gasteiger partial charge in [-0.1, -0.05) is 218 Å². The summed E-state index contributed by atoms with van der Waals surface area (Å²) in [6.07, 6.45) is 5.97. The van der Waals surface area contributed by atoms with Gasteiger partial charge in [-0.3, -0.25) is 8.97 Å². The fraction of sp³-hybridized carbons (Fsp3) is 0. The van der Waals surface area contributed by atoms with E-state index in [0.29, 0.717) is 0 Å². The third kappa shape index (κ3) is 6.23. The highest BCUT2D eigenvalue weighted by molar-refractivity contribution is 7.21. The van der Waals surface area contributed by atoms with E-state index in [0.717, 1.165) is 49.9 Å². The number of pyridine rings is 2. The molecule has 10 aromatic carbocycles. The summed E-state index contributed by atoms with van der Waals surface area (Å²) in [4.78, 5) is 12.9. The van der Waals surface area contributed by atoms with Crippen LogP contribution in [0.4, 0.5) is 17.1 Å². The van der Waals surface area contributed by atoms with Crippen LogP contribution in [0.3, 0.4) is 0 Å². The first kappa shape index (κ1) is 43.2. The molecule has 352 valence electrons. The second-order valence-corrected chi connectivity index (χ2v) is 27.2. The fourth-order valence-corrected chi connectivity index (χ4v) is 22.9. The molecule has 0 saturated carbocycles. The molecule has 1 aliphatic heterocycles. The van der Waals surface area contributed by atoms with Crippen LogP contribution < -0.4 is 46.4 Å². The summed E-state index contributed by atoms with van der Waals surface area (Å²) in [5, 5.41) is 16.4. The monoisotopic (exact) mass is 989 g/mol. The second kappa shape index (κ2) is 17.1. The lowest BCUT2D eigenvalue weighted by Crippen LogP contribution is -2.77. The van der Waals surface area contributed by atoms with E-state index in [2.05, 4.69) is 287 Å². The van der Waals surface area contributed by atoms with Crippen molar-refractivity contribution in [1.82, 2.24) is 18.9 Å². The lowest BCUT2D eigenvalue weighted by Gasteiger charge is -2.45. The summed E-state index contributed by atoms with van der Waals surface area (Å²) >= 11 is 0. The SMILES string of the molecule is c1ccc(N2c3ccccc3[Si](c3ccccc3)(c3ccccc3)c3ccc4c5cccnc5n(-c5cccc([Si](c6ccccc6)(c6ccccc6)c6ccc7c8ccccc8n8ccnc8c7c6)c5)c4c32)cc1. The minimum Gasteiger partial charge on any atom is -0.309 e. The van der Waals surface area contributed by atoms with Crippen LogP contribution in [0, 0.1) is 0 Å². The molecule has 15 rings (SSSR count). The van der Waals surface area contributed by atoms with Crippen LogP contribution >= 0.6 is 0 Å². The van der Waals surface area contributed by atoms with Crippen molar-refractivity contribution in [2.75, 3.05) is 4.90 Å². The van der Waals surface area contributed by atoms with Crippen LogP contribution in [0.5, 0.6) is 0 Å². The molecule has 0 atom stereocenters. The van der Waals surface area contributed by atoms with Crippen molar-refractivity contribution in [3.05, 3.63) is 286 Å².